The maximum Gasteiger partial charge on any atom is 0.225 e. The van der Waals surface area contributed by atoms with Gasteiger partial charge in [0, 0.05) is 38.6 Å². The highest BCUT2D eigenvalue weighted by molar-refractivity contribution is 14.0. The van der Waals surface area contributed by atoms with Crippen LogP contribution in [0.25, 0.3) is 0 Å². The van der Waals surface area contributed by atoms with Crippen LogP contribution in [0.4, 0.5) is 0 Å². The molecule has 1 amide bonds. The van der Waals surface area contributed by atoms with Gasteiger partial charge in [-0.15, -0.1) is 24.0 Å². The van der Waals surface area contributed by atoms with E-state index in [0.29, 0.717) is 17.9 Å². The number of rotatable bonds is 5. The lowest BCUT2D eigenvalue weighted by molar-refractivity contribution is -0.135. The molecule has 1 aliphatic heterocycles. The van der Waals surface area contributed by atoms with Gasteiger partial charge in [0.1, 0.15) is 0 Å². The third-order valence-corrected chi connectivity index (χ3v) is 6.41. The van der Waals surface area contributed by atoms with E-state index in [4.69, 9.17) is 0 Å². The zero-order valence-corrected chi connectivity index (χ0v) is 19.6. The van der Waals surface area contributed by atoms with Crippen molar-refractivity contribution in [1.29, 1.82) is 0 Å². The van der Waals surface area contributed by atoms with Crippen molar-refractivity contribution in [2.45, 2.75) is 57.4 Å². The van der Waals surface area contributed by atoms with Crippen LogP contribution in [0.2, 0.25) is 0 Å². The summed E-state index contributed by atoms with van der Waals surface area (Å²) in [7, 11) is 1.81. The maximum absolute atomic E-state index is 12.7. The smallest absolute Gasteiger partial charge is 0.225 e. The van der Waals surface area contributed by atoms with Gasteiger partial charge in [0.2, 0.25) is 5.91 Å². The van der Waals surface area contributed by atoms with E-state index in [-0.39, 0.29) is 29.9 Å². The minimum absolute atomic E-state index is 0. The molecule has 2 N–H and O–H groups in total. The molecule has 0 spiro atoms. The van der Waals surface area contributed by atoms with Gasteiger partial charge in [0.05, 0.1) is 0 Å². The van der Waals surface area contributed by atoms with Crippen LogP contribution in [0.3, 0.4) is 0 Å². The molecular formula is C20H33IN4OS. The van der Waals surface area contributed by atoms with Gasteiger partial charge in [-0.25, -0.2) is 0 Å². The van der Waals surface area contributed by atoms with Gasteiger partial charge in [0.15, 0.2) is 5.96 Å². The number of amides is 1. The molecule has 1 saturated heterocycles. The molecule has 152 valence electrons. The van der Waals surface area contributed by atoms with E-state index in [2.05, 4.69) is 44.3 Å². The quantitative estimate of drug-likeness (QED) is 0.364. The van der Waals surface area contributed by atoms with Crippen molar-refractivity contribution in [1.82, 2.24) is 15.5 Å². The number of carbonyl (C=O) groups excluding carboxylic acids is 1. The molecule has 0 radical (unpaired) electrons. The van der Waals surface area contributed by atoms with Crippen LogP contribution in [0.1, 0.15) is 56.9 Å². The summed E-state index contributed by atoms with van der Waals surface area (Å²) in [6.45, 7) is 4.75. The fourth-order valence-corrected chi connectivity index (χ4v) is 4.78. The zero-order chi connectivity index (χ0) is 18.4. The van der Waals surface area contributed by atoms with E-state index >= 15 is 0 Å². The number of hydrogen-bond donors (Lipinski definition) is 2. The predicted octanol–water partition coefficient (Wildman–Crippen LogP) is 3.82. The average Bonchev–Trinajstić information content (AvgIpc) is 3.37. The van der Waals surface area contributed by atoms with E-state index < -0.39 is 0 Å². The van der Waals surface area contributed by atoms with Gasteiger partial charge in [0.25, 0.3) is 0 Å². The summed E-state index contributed by atoms with van der Waals surface area (Å²) in [6.07, 6.45) is 6.88. The molecular weight excluding hydrogens is 471 g/mol. The van der Waals surface area contributed by atoms with Crippen molar-refractivity contribution in [3.8, 4) is 0 Å². The first kappa shape index (κ1) is 22.5. The summed E-state index contributed by atoms with van der Waals surface area (Å²) in [5.41, 5.74) is 1.36. The molecule has 0 bridgehead atoms. The number of nitrogens with zero attached hydrogens (tertiary/aromatic N) is 2. The Bertz CT molecular complexity index is 601. The summed E-state index contributed by atoms with van der Waals surface area (Å²) < 4.78 is 0. The van der Waals surface area contributed by atoms with E-state index in [1.54, 1.807) is 11.3 Å². The number of aliphatic imine (C=N–C) groups is 1. The number of thiophene rings is 1. The van der Waals surface area contributed by atoms with Gasteiger partial charge in [-0.2, -0.15) is 11.3 Å². The van der Waals surface area contributed by atoms with Crippen LogP contribution in [0.15, 0.2) is 21.8 Å². The summed E-state index contributed by atoms with van der Waals surface area (Å²) >= 11 is 1.74. The predicted molar refractivity (Wildman–Crippen MR) is 124 cm³/mol. The first-order valence-corrected chi connectivity index (χ1v) is 10.9. The summed E-state index contributed by atoms with van der Waals surface area (Å²) in [5, 5.41) is 11.3. The Balaban J connectivity index is 0.00000261. The van der Waals surface area contributed by atoms with Gasteiger partial charge < -0.3 is 15.5 Å². The van der Waals surface area contributed by atoms with E-state index in [1.165, 1.54) is 24.8 Å². The number of carbonyl (C=O) groups is 1. The summed E-state index contributed by atoms with van der Waals surface area (Å²) in [6, 6.07) is 2.48. The lowest BCUT2D eigenvalue weighted by Crippen LogP contribution is -2.46. The second-order valence-electron chi connectivity index (χ2n) is 7.66. The zero-order valence-electron chi connectivity index (χ0n) is 16.4. The van der Waals surface area contributed by atoms with E-state index in [0.717, 1.165) is 44.9 Å². The Hall–Kier alpha value is -0.830. The SMILES string of the molecule is CN=C(NCC(C)c1ccsc1)NC1CCN(C(=O)C2CCCCC2)C1.I. The number of guanidine groups is 1. The average molecular weight is 504 g/mol. The van der Waals surface area contributed by atoms with Gasteiger partial charge in [-0.3, -0.25) is 9.79 Å². The fraction of sp³-hybridized carbons (Fsp3) is 0.700. The van der Waals surface area contributed by atoms with Gasteiger partial charge in [-0.1, -0.05) is 26.2 Å². The number of nitrogens with one attached hydrogen (secondary N) is 2. The van der Waals surface area contributed by atoms with Crippen molar-refractivity contribution >= 4 is 47.2 Å². The Kier molecular flexibility index (Phi) is 9.35. The number of halogens is 1. The molecule has 5 nitrogen and oxygen atoms in total. The largest absolute Gasteiger partial charge is 0.356 e. The van der Waals surface area contributed by atoms with E-state index in [1.807, 2.05) is 7.05 Å². The van der Waals surface area contributed by atoms with Gasteiger partial charge >= 0.3 is 0 Å². The van der Waals surface area contributed by atoms with Crippen molar-refractivity contribution in [3.63, 3.8) is 0 Å². The normalized spacial score (nSPS) is 22.2. The monoisotopic (exact) mass is 504 g/mol. The molecule has 1 aromatic heterocycles. The minimum atomic E-state index is 0. The molecule has 7 heteroatoms. The van der Waals surface area contributed by atoms with Crippen LogP contribution < -0.4 is 10.6 Å². The molecule has 1 aliphatic carbocycles. The molecule has 1 aromatic rings. The minimum Gasteiger partial charge on any atom is -0.356 e. The second kappa shape index (κ2) is 11.2. The van der Waals surface area contributed by atoms with Crippen molar-refractivity contribution < 1.29 is 4.79 Å². The Morgan fingerprint density at radius 2 is 2.11 bits per heavy atom. The first-order chi connectivity index (χ1) is 12.7. The fourth-order valence-electron chi connectivity index (χ4n) is 4.00. The van der Waals surface area contributed by atoms with Crippen LogP contribution >= 0.6 is 35.3 Å². The standard InChI is InChI=1S/C20H32N4OS.HI/c1-15(17-9-11-26-14-17)12-22-20(21-2)23-18-8-10-24(13-18)19(25)16-6-4-3-5-7-16;/h9,11,14-16,18H,3-8,10,12-13H2,1-2H3,(H2,21,22,23);1H. The van der Waals surface area contributed by atoms with E-state index in [9.17, 15) is 4.79 Å². The molecule has 27 heavy (non-hydrogen) atoms. The molecule has 3 rings (SSSR count). The number of hydrogen-bond acceptors (Lipinski definition) is 3. The van der Waals surface area contributed by atoms with Crippen LogP contribution in [-0.2, 0) is 4.79 Å². The molecule has 2 heterocycles. The molecule has 2 atom stereocenters. The van der Waals surface area contributed by atoms with Gasteiger partial charge in [-0.05, 0) is 47.6 Å². The van der Waals surface area contributed by atoms with Crippen LogP contribution in [0, 0.1) is 5.92 Å². The van der Waals surface area contributed by atoms with Crippen LogP contribution in [-0.4, -0.2) is 49.5 Å². The summed E-state index contributed by atoms with van der Waals surface area (Å²) in [4.78, 5) is 19.1. The first-order valence-electron chi connectivity index (χ1n) is 9.95. The van der Waals surface area contributed by atoms with Crippen LogP contribution in [0.5, 0.6) is 0 Å². The highest BCUT2D eigenvalue weighted by Crippen LogP contribution is 2.26. The maximum atomic E-state index is 12.7. The molecule has 2 aliphatic rings. The lowest BCUT2D eigenvalue weighted by atomic mass is 9.88. The van der Waals surface area contributed by atoms with Crippen molar-refractivity contribution in [3.05, 3.63) is 22.4 Å². The topological polar surface area (TPSA) is 56.7 Å². The number of likely N-dealkylation sites (tertiary alicyclic amines) is 1. The Morgan fingerprint density at radius 3 is 2.78 bits per heavy atom. The van der Waals surface area contributed by atoms with Crippen molar-refractivity contribution in [2.24, 2.45) is 10.9 Å². The summed E-state index contributed by atoms with van der Waals surface area (Å²) in [5.74, 6) is 1.94. The third kappa shape index (κ3) is 6.34. The third-order valence-electron chi connectivity index (χ3n) is 5.71. The second-order valence-corrected chi connectivity index (χ2v) is 8.44. The highest BCUT2D eigenvalue weighted by atomic mass is 127. The van der Waals surface area contributed by atoms with Crippen molar-refractivity contribution in [2.75, 3.05) is 26.7 Å². The lowest BCUT2D eigenvalue weighted by Gasteiger charge is -2.26. The Morgan fingerprint density at radius 1 is 1.33 bits per heavy atom. The highest BCUT2D eigenvalue weighted by Gasteiger charge is 2.31. The molecule has 2 fully saturated rings. The molecule has 0 aromatic carbocycles. The Labute approximate surface area is 184 Å². The molecule has 2 unspecified atom stereocenters. The molecule has 1 saturated carbocycles.